The van der Waals surface area contributed by atoms with Crippen molar-refractivity contribution >= 4 is 18.0 Å². The molecule has 0 fully saturated rings. The molecule has 0 saturated heterocycles. The number of carbonyl (C=O) groups is 3. The molecule has 2 aromatic carbocycles. The summed E-state index contributed by atoms with van der Waals surface area (Å²) in [6.07, 6.45) is 1.14. The zero-order valence-corrected chi connectivity index (χ0v) is 19.9. The number of hydrogen-bond acceptors (Lipinski definition) is 4. The predicted octanol–water partition coefficient (Wildman–Crippen LogP) is 3.79. The molecule has 3 aromatic rings. The van der Waals surface area contributed by atoms with Crippen LogP contribution in [0.3, 0.4) is 0 Å². The maximum absolute atomic E-state index is 13.2. The summed E-state index contributed by atoms with van der Waals surface area (Å²) in [6.45, 7) is 2.98. The number of ether oxygens (including phenoxy) is 1. The molecular formula is C27H29N3O5. The molecular weight excluding hydrogens is 446 g/mol. The minimum absolute atomic E-state index is 0.111. The van der Waals surface area contributed by atoms with E-state index in [-0.39, 0.29) is 18.9 Å². The van der Waals surface area contributed by atoms with Crippen LogP contribution < -0.4 is 5.32 Å². The summed E-state index contributed by atoms with van der Waals surface area (Å²) in [7, 11) is 1.41. The molecule has 1 aliphatic rings. The second-order valence-electron chi connectivity index (χ2n) is 9.18. The number of H-pyrrole nitrogens is 1. The van der Waals surface area contributed by atoms with Crippen molar-refractivity contribution in [1.29, 1.82) is 0 Å². The minimum Gasteiger partial charge on any atom is -0.480 e. The number of aliphatic carboxylic acids is 1. The molecule has 35 heavy (non-hydrogen) atoms. The van der Waals surface area contributed by atoms with E-state index >= 15 is 0 Å². The fraction of sp³-hybridized carbons (Fsp3) is 0.296. The number of likely N-dealkylation sites (N-methyl/N-ethyl adjacent to an activating group) is 1. The number of carbonyl (C=O) groups excluding carboxylic acids is 2. The zero-order valence-electron chi connectivity index (χ0n) is 19.9. The summed E-state index contributed by atoms with van der Waals surface area (Å²) in [5.41, 5.74) is 3.69. The summed E-state index contributed by atoms with van der Waals surface area (Å²) in [5, 5.41) is 12.2. The van der Waals surface area contributed by atoms with Crippen LogP contribution in [0.1, 0.15) is 36.6 Å². The van der Waals surface area contributed by atoms with Crippen molar-refractivity contribution in [3.8, 4) is 11.1 Å². The lowest BCUT2D eigenvalue weighted by atomic mass is 9.98. The van der Waals surface area contributed by atoms with E-state index in [1.54, 1.807) is 18.3 Å². The summed E-state index contributed by atoms with van der Waals surface area (Å²) in [4.78, 5) is 41.9. The molecule has 0 saturated carbocycles. The highest BCUT2D eigenvalue weighted by atomic mass is 16.5. The molecule has 4 rings (SSSR count). The van der Waals surface area contributed by atoms with E-state index in [1.807, 2.05) is 36.4 Å². The van der Waals surface area contributed by atoms with Gasteiger partial charge in [0.15, 0.2) is 0 Å². The van der Waals surface area contributed by atoms with Gasteiger partial charge in [0.2, 0.25) is 5.91 Å². The van der Waals surface area contributed by atoms with E-state index in [2.05, 4.69) is 22.4 Å². The maximum Gasteiger partial charge on any atom is 0.407 e. The van der Waals surface area contributed by atoms with E-state index in [4.69, 9.17) is 4.74 Å². The second-order valence-corrected chi connectivity index (χ2v) is 9.18. The molecule has 1 unspecified atom stereocenters. The van der Waals surface area contributed by atoms with Crippen LogP contribution in [0.5, 0.6) is 0 Å². The van der Waals surface area contributed by atoms with Gasteiger partial charge in [0, 0.05) is 31.3 Å². The number of nitrogens with one attached hydrogen (secondary N) is 2. The molecule has 8 heteroatoms. The van der Waals surface area contributed by atoms with Crippen molar-refractivity contribution in [2.75, 3.05) is 13.7 Å². The number of nitrogens with zero attached hydrogens (tertiary/aromatic N) is 1. The smallest absolute Gasteiger partial charge is 0.407 e. The Hall–Kier alpha value is -4.07. The van der Waals surface area contributed by atoms with Gasteiger partial charge in [0.25, 0.3) is 0 Å². The van der Waals surface area contributed by atoms with Crippen LogP contribution in [0, 0.1) is 0 Å². The lowest BCUT2D eigenvalue weighted by Gasteiger charge is -2.34. The number of alkyl carbamates (subject to hydrolysis) is 1. The monoisotopic (exact) mass is 475 g/mol. The number of hydrogen-bond donors (Lipinski definition) is 3. The first kappa shape index (κ1) is 24.1. The zero-order chi connectivity index (χ0) is 25.2. The third-order valence-corrected chi connectivity index (χ3v) is 6.71. The minimum atomic E-state index is -1.45. The molecule has 0 spiro atoms. The Bertz CT molecular complexity index is 1190. The molecule has 1 atom stereocenters. The van der Waals surface area contributed by atoms with Crippen LogP contribution in [0.4, 0.5) is 4.79 Å². The second kappa shape index (κ2) is 9.66. The van der Waals surface area contributed by atoms with Crippen molar-refractivity contribution in [2.24, 2.45) is 0 Å². The van der Waals surface area contributed by atoms with E-state index < -0.39 is 29.6 Å². The van der Waals surface area contributed by atoms with Gasteiger partial charge >= 0.3 is 12.1 Å². The van der Waals surface area contributed by atoms with Crippen molar-refractivity contribution in [3.63, 3.8) is 0 Å². The van der Waals surface area contributed by atoms with Crippen LogP contribution in [0.15, 0.2) is 66.9 Å². The average molecular weight is 476 g/mol. The lowest BCUT2D eigenvalue weighted by molar-refractivity contribution is -0.156. The van der Waals surface area contributed by atoms with Crippen molar-refractivity contribution < 1.29 is 24.2 Å². The van der Waals surface area contributed by atoms with Crippen LogP contribution in [0.25, 0.3) is 11.1 Å². The number of carboxylic acid groups (broad SMARTS) is 1. The van der Waals surface area contributed by atoms with Gasteiger partial charge in [0.05, 0.1) is 0 Å². The Morgan fingerprint density at radius 3 is 2.17 bits per heavy atom. The number of aromatic amines is 1. The average Bonchev–Trinajstić information content (AvgIpc) is 3.47. The predicted molar refractivity (Wildman–Crippen MR) is 131 cm³/mol. The Morgan fingerprint density at radius 2 is 1.63 bits per heavy atom. The molecule has 0 aliphatic heterocycles. The lowest BCUT2D eigenvalue weighted by Crippen LogP contribution is -2.57. The van der Waals surface area contributed by atoms with Crippen molar-refractivity contribution in [3.05, 3.63) is 83.7 Å². The summed E-state index contributed by atoms with van der Waals surface area (Å²) in [5.74, 6) is -1.78. The fourth-order valence-electron chi connectivity index (χ4n) is 4.35. The van der Waals surface area contributed by atoms with Gasteiger partial charge in [0.1, 0.15) is 18.2 Å². The molecule has 3 N–H and O–H groups in total. The molecule has 0 radical (unpaired) electrons. The topological polar surface area (TPSA) is 112 Å². The van der Waals surface area contributed by atoms with Crippen LogP contribution in [-0.4, -0.2) is 58.2 Å². The number of fused-ring (bicyclic) bond motifs is 3. The number of rotatable bonds is 8. The van der Waals surface area contributed by atoms with E-state index in [1.165, 1.54) is 20.9 Å². The van der Waals surface area contributed by atoms with Gasteiger partial charge < -0.3 is 25.0 Å². The maximum atomic E-state index is 13.2. The number of carboxylic acids is 1. The quantitative estimate of drug-likeness (QED) is 0.459. The first-order valence-corrected chi connectivity index (χ1v) is 11.4. The van der Waals surface area contributed by atoms with Crippen molar-refractivity contribution in [1.82, 2.24) is 15.2 Å². The molecule has 1 aliphatic carbocycles. The Labute approximate surface area is 203 Å². The number of aromatic nitrogens is 1. The highest BCUT2D eigenvalue weighted by Crippen LogP contribution is 2.44. The van der Waals surface area contributed by atoms with E-state index in [0.717, 1.165) is 32.8 Å². The summed E-state index contributed by atoms with van der Waals surface area (Å²) >= 11 is 0. The van der Waals surface area contributed by atoms with Gasteiger partial charge in [-0.3, -0.25) is 4.79 Å². The van der Waals surface area contributed by atoms with Crippen LogP contribution in [-0.2, 0) is 20.7 Å². The van der Waals surface area contributed by atoms with Gasteiger partial charge in [-0.2, -0.15) is 0 Å². The number of amides is 2. The van der Waals surface area contributed by atoms with E-state index in [0.29, 0.717) is 0 Å². The molecule has 8 nitrogen and oxygen atoms in total. The first-order chi connectivity index (χ1) is 16.7. The standard InChI is InChI=1S/C27H29N3O5/c1-27(2,25(32)33)30(3)24(31)23(15-17-9-8-14-28-17)29-26(34)35-16-22-20-12-6-4-10-18(20)19-11-5-7-13-21(19)22/h4-14,22-23,28H,15-16H2,1-3H3,(H,29,34)(H,32,33). The third-order valence-electron chi connectivity index (χ3n) is 6.71. The Balaban J connectivity index is 1.49. The van der Waals surface area contributed by atoms with Gasteiger partial charge in [-0.25, -0.2) is 9.59 Å². The first-order valence-electron chi connectivity index (χ1n) is 11.4. The summed E-state index contributed by atoms with van der Waals surface area (Å²) < 4.78 is 5.61. The third kappa shape index (κ3) is 4.77. The SMILES string of the molecule is CN(C(=O)C(Cc1ccc[nH]1)NC(=O)OCC1c2ccccc2-c2ccccc21)C(C)(C)C(=O)O. The molecule has 0 bridgehead atoms. The van der Waals surface area contributed by atoms with Gasteiger partial charge in [-0.05, 0) is 48.2 Å². The molecule has 2 amide bonds. The van der Waals surface area contributed by atoms with Crippen LogP contribution >= 0.6 is 0 Å². The molecule has 182 valence electrons. The van der Waals surface area contributed by atoms with Crippen molar-refractivity contribution in [2.45, 2.75) is 37.8 Å². The van der Waals surface area contributed by atoms with Gasteiger partial charge in [-0.1, -0.05) is 48.5 Å². The van der Waals surface area contributed by atoms with Gasteiger partial charge in [-0.15, -0.1) is 0 Å². The molecule has 1 aromatic heterocycles. The van der Waals surface area contributed by atoms with E-state index in [9.17, 15) is 19.5 Å². The van der Waals surface area contributed by atoms with Crippen LogP contribution in [0.2, 0.25) is 0 Å². The summed E-state index contributed by atoms with van der Waals surface area (Å²) in [6, 6.07) is 18.6. The highest BCUT2D eigenvalue weighted by Gasteiger charge is 2.39. The fourth-order valence-corrected chi connectivity index (χ4v) is 4.35. The number of benzene rings is 2. The largest absolute Gasteiger partial charge is 0.480 e. The highest BCUT2D eigenvalue weighted by molar-refractivity contribution is 5.91. The molecule has 1 heterocycles. The Morgan fingerprint density at radius 1 is 1.03 bits per heavy atom. The normalized spacial score (nSPS) is 13.5. The Kier molecular flexibility index (Phi) is 6.64.